The largest absolute Gasteiger partial charge is 0.452 e. The molecule has 1 aromatic heterocycles. The number of Topliss-reactive ketones (excluding diaryl/α,β-unsaturated/α-hetero) is 1. The van der Waals surface area contributed by atoms with Crippen LogP contribution in [-0.4, -0.2) is 11.8 Å². The number of carbonyl (C=O) groups is 2. The maximum Gasteiger partial charge on any atom is 0.343 e. The Morgan fingerprint density at radius 2 is 2.04 bits per heavy atom. The first-order valence-corrected chi connectivity index (χ1v) is 9.37. The van der Waals surface area contributed by atoms with Gasteiger partial charge in [-0.2, -0.15) is 0 Å². The van der Waals surface area contributed by atoms with Crippen LogP contribution in [0.25, 0.3) is 6.08 Å². The molecule has 0 saturated carbocycles. The van der Waals surface area contributed by atoms with E-state index < -0.39 is 5.97 Å². The van der Waals surface area contributed by atoms with E-state index in [2.05, 4.69) is 0 Å². The van der Waals surface area contributed by atoms with Gasteiger partial charge in [-0.1, -0.05) is 17.7 Å². The van der Waals surface area contributed by atoms with Crippen LogP contribution in [0.3, 0.4) is 0 Å². The van der Waals surface area contributed by atoms with Gasteiger partial charge < -0.3 is 9.47 Å². The van der Waals surface area contributed by atoms with Gasteiger partial charge in [-0.05, 0) is 54.3 Å². The predicted molar refractivity (Wildman–Crippen MR) is 105 cm³/mol. The smallest absolute Gasteiger partial charge is 0.343 e. The number of aryl methyl sites for hydroxylation is 1. The second-order valence-corrected chi connectivity index (χ2v) is 7.35. The summed E-state index contributed by atoms with van der Waals surface area (Å²) in [6.45, 7) is 1.98. The standard InChI is InChI=1S/C21H13ClO4S/c1-12-7-8-27-19(12)11-18-20(23)16-6-5-15(10-17(16)26-18)25-21(24)13-3-2-4-14(22)9-13/h2-11H,1H3/b18-11-. The van der Waals surface area contributed by atoms with Gasteiger partial charge in [-0.25, -0.2) is 4.79 Å². The minimum atomic E-state index is -0.535. The number of halogens is 1. The van der Waals surface area contributed by atoms with E-state index in [4.69, 9.17) is 21.1 Å². The first-order chi connectivity index (χ1) is 13.0. The van der Waals surface area contributed by atoms with Crippen molar-refractivity contribution in [3.05, 3.63) is 86.3 Å². The van der Waals surface area contributed by atoms with Crippen LogP contribution in [0.5, 0.6) is 11.5 Å². The molecule has 134 valence electrons. The number of allylic oxidation sites excluding steroid dienone is 1. The maximum absolute atomic E-state index is 12.5. The van der Waals surface area contributed by atoms with Crippen LogP contribution in [-0.2, 0) is 0 Å². The minimum Gasteiger partial charge on any atom is -0.452 e. The highest BCUT2D eigenvalue weighted by Crippen LogP contribution is 2.35. The van der Waals surface area contributed by atoms with Crippen molar-refractivity contribution in [1.29, 1.82) is 0 Å². The number of ether oxygens (including phenoxy) is 2. The van der Waals surface area contributed by atoms with Crippen LogP contribution in [0.15, 0.2) is 59.7 Å². The van der Waals surface area contributed by atoms with Crippen LogP contribution >= 0.6 is 22.9 Å². The summed E-state index contributed by atoms with van der Waals surface area (Å²) in [7, 11) is 0. The quantitative estimate of drug-likeness (QED) is 0.331. The molecule has 0 radical (unpaired) electrons. The molecule has 4 rings (SSSR count). The number of esters is 1. The molecular formula is C21H13ClO4S. The fourth-order valence-corrected chi connectivity index (χ4v) is 3.70. The summed E-state index contributed by atoms with van der Waals surface area (Å²) in [4.78, 5) is 25.7. The fourth-order valence-electron chi connectivity index (χ4n) is 2.66. The average molecular weight is 397 g/mol. The molecule has 3 aromatic rings. The van der Waals surface area contributed by atoms with E-state index in [9.17, 15) is 9.59 Å². The van der Waals surface area contributed by atoms with Crippen molar-refractivity contribution < 1.29 is 19.1 Å². The van der Waals surface area contributed by atoms with Gasteiger partial charge in [0, 0.05) is 22.0 Å². The number of carbonyl (C=O) groups excluding carboxylic acids is 2. The molecule has 0 spiro atoms. The van der Waals surface area contributed by atoms with E-state index in [1.165, 1.54) is 23.5 Å². The summed E-state index contributed by atoms with van der Waals surface area (Å²) in [6, 6.07) is 13.2. The minimum absolute atomic E-state index is 0.189. The topological polar surface area (TPSA) is 52.6 Å². The molecule has 0 bridgehead atoms. The molecule has 1 aliphatic rings. The lowest BCUT2D eigenvalue weighted by Gasteiger charge is -2.06. The summed E-state index contributed by atoms with van der Waals surface area (Å²) < 4.78 is 11.1. The van der Waals surface area contributed by atoms with Crippen LogP contribution in [0.1, 0.15) is 31.2 Å². The van der Waals surface area contributed by atoms with Gasteiger partial charge in [0.1, 0.15) is 11.5 Å². The molecule has 2 heterocycles. The van der Waals surface area contributed by atoms with Crippen LogP contribution in [0.4, 0.5) is 0 Å². The molecule has 6 heteroatoms. The Kier molecular flexibility index (Phi) is 4.56. The van der Waals surface area contributed by atoms with Crippen LogP contribution in [0, 0.1) is 6.92 Å². The number of rotatable bonds is 3. The Balaban J connectivity index is 1.57. The van der Waals surface area contributed by atoms with Crippen molar-refractivity contribution in [2.45, 2.75) is 6.92 Å². The Labute approximate surface area is 164 Å². The van der Waals surface area contributed by atoms with E-state index in [0.29, 0.717) is 27.6 Å². The maximum atomic E-state index is 12.5. The monoisotopic (exact) mass is 396 g/mol. The van der Waals surface area contributed by atoms with E-state index in [1.54, 1.807) is 36.4 Å². The number of ketones is 1. The summed E-state index contributed by atoms with van der Waals surface area (Å²) in [5, 5.41) is 2.41. The van der Waals surface area contributed by atoms with Crippen molar-refractivity contribution in [1.82, 2.24) is 0 Å². The third-order valence-electron chi connectivity index (χ3n) is 4.08. The Morgan fingerprint density at radius 3 is 2.78 bits per heavy atom. The third-order valence-corrected chi connectivity index (χ3v) is 5.28. The van der Waals surface area contributed by atoms with Gasteiger partial charge in [0.2, 0.25) is 5.78 Å². The SMILES string of the molecule is Cc1ccsc1/C=C1\Oc2cc(OC(=O)c3cccc(Cl)c3)ccc2C1=O. The van der Waals surface area contributed by atoms with E-state index >= 15 is 0 Å². The van der Waals surface area contributed by atoms with Gasteiger partial charge in [0.25, 0.3) is 0 Å². The highest BCUT2D eigenvalue weighted by atomic mass is 35.5. The number of hydrogen-bond acceptors (Lipinski definition) is 5. The third kappa shape index (κ3) is 3.52. The van der Waals surface area contributed by atoms with Crippen LogP contribution in [0.2, 0.25) is 5.02 Å². The van der Waals surface area contributed by atoms with Crippen molar-refractivity contribution in [2.75, 3.05) is 0 Å². The van der Waals surface area contributed by atoms with Crippen LogP contribution < -0.4 is 9.47 Å². The van der Waals surface area contributed by atoms with Gasteiger partial charge in [-0.3, -0.25) is 4.79 Å². The van der Waals surface area contributed by atoms with Gasteiger partial charge in [0.15, 0.2) is 5.76 Å². The second kappa shape index (κ2) is 7.02. The summed E-state index contributed by atoms with van der Waals surface area (Å²) in [5.74, 6) is 0.197. The lowest BCUT2D eigenvalue weighted by atomic mass is 10.1. The van der Waals surface area contributed by atoms with E-state index in [-0.39, 0.29) is 11.5 Å². The molecule has 2 aromatic carbocycles. The van der Waals surface area contributed by atoms with Gasteiger partial charge in [0.05, 0.1) is 11.1 Å². The fraction of sp³-hybridized carbons (Fsp3) is 0.0476. The van der Waals surface area contributed by atoms with Crippen molar-refractivity contribution in [2.24, 2.45) is 0 Å². The van der Waals surface area contributed by atoms with Crippen molar-refractivity contribution >= 4 is 40.8 Å². The second-order valence-electron chi connectivity index (χ2n) is 5.97. The molecule has 0 N–H and O–H groups in total. The van der Waals surface area contributed by atoms with E-state index in [0.717, 1.165) is 10.4 Å². The number of benzene rings is 2. The molecule has 0 unspecified atom stereocenters. The Hall–Kier alpha value is -2.89. The normalized spacial score (nSPS) is 14.1. The Morgan fingerprint density at radius 1 is 1.19 bits per heavy atom. The molecule has 27 heavy (non-hydrogen) atoms. The number of thiophene rings is 1. The number of fused-ring (bicyclic) bond motifs is 1. The van der Waals surface area contributed by atoms with Gasteiger partial charge in [-0.15, -0.1) is 11.3 Å². The molecule has 0 fully saturated rings. The molecule has 4 nitrogen and oxygen atoms in total. The zero-order valence-corrected chi connectivity index (χ0v) is 15.8. The van der Waals surface area contributed by atoms with Crippen molar-refractivity contribution in [3.8, 4) is 11.5 Å². The predicted octanol–water partition coefficient (Wildman–Crippen LogP) is 5.55. The zero-order chi connectivity index (χ0) is 19.0. The molecule has 0 atom stereocenters. The Bertz CT molecular complexity index is 1100. The highest BCUT2D eigenvalue weighted by molar-refractivity contribution is 7.11. The summed E-state index contributed by atoms with van der Waals surface area (Å²) in [5.41, 5.74) is 1.86. The summed E-state index contributed by atoms with van der Waals surface area (Å²) in [6.07, 6.45) is 1.74. The zero-order valence-electron chi connectivity index (χ0n) is 14.2. The molecule has 0 amide bonds. The first kappa shape index (κ1) is 17.5. The highest BCUT2D eigenvalue weighted by Gasteiger charge is 2.28. The van der Waals surface area contributed by atoms with Gasteiger partial charge >= 0.3 is 5.97 Å². The number of hydrogen-bond donors (Lipinski definition) is 0. The summed E-state index contributed by atoms with van der Waals surface area (Å²) >= 11 is 7.44. The lowest BCUT2D eigenvalue weighted by molar-refractivity contribution is 0.0734. The molecule has 1 aliphatic heterocycles. The first-order valence-electron chi connectivity index (χ1n) is 8.11. The molecule has 0 saturated heterocycles. The molecule has 0 aliphatic carbocycles. The van der Waals surface area contributed by atoms with E-state index in [1.807, 2.05) is 18.4 Å². The molecular weight excluding hydrogens is 384 g/mol. The average Bonchev–Trinajstić information content (AvgIpc) is 3.18. The lowest BCUT2D eigenvalue weighted by Crippen LogP contribution is -2.08. The van der Waals surface area contributed by atoms with Crippen molar-refractivity contribution in [3.63, 3.8) is 0 Å².